The van der Waals surface area contributed by atoms with Crippen molar-refractivity contribution in [1.29, 1.82) is 0 Å². The van der Waals surface area contributed by atoms with Gasteiger partial charge in [-0.15, -0.1) is 0 Å². The molecular weight excluding hydrogens is 420 g/mol. The van der Waals surface area contributed by atoms with E-state index in [0.717, 1.165) is 6.42 Å². The molecule has 2 heterocycles. The Labute approximate surface area is 197 Å². The molecule has 0 aromatic heterocycles. The third-order valence-electron chi connectivity index (χ3n) is 6.88. The summed E-state index contributed by atoms with van der Waals surface area (Å²) in [5, 5.41) is 3.11. The fourth-order valence-corrected chi connectivity index (χ4v) is 4.83. The Kier molecular flexibility index (Phi) is 8.00. The molecule has 0 aliphatic carbocycles. The standard InChI is InChI=1S/C25H38N4O4/c1-18(2)9-12-25(23(31)29(24(32)26-25)16-15-27(3)4)20-10-13-28(14-11-20)22(30)19-7-6-8-21(17-19)33-5/h6-8,17-18,20H,9-16H2,1-5H3,(H,26,32). The summed E-state index contributed by atoms with van der Waals surface area (Å²) in [6, 6.07) is 6.89. The number of methoxy groups -OCH3 is 1. The zero-order valence-electron chi connectivity index (χ0n) is 20.6. The highest BCUT2D eigenvalue weighted by Gasteiger charge is 2.55. The highest BCUT2D eigenvalue weighted by atomic mass is 16.5. The third kappa shape index (κ3) is 5.49. The van der Waals surface area contributed by atoms with E-state index in [4.69, 9.17) is 4.74 Å². The minimum absolute atomic E-state index is 0.00594. The van der Waals surface area contributed by atoms with Gasteiger partial charge in [0.2, 0.25) is 0 Å². The number of likely N-dealkylation sites (N-methyl/N-ethyl adjacent to an activating group) is 1. The molecule has 2 fully saturated rings. The van der Waals surface area contributed by atoms with Crippen LogP contribution in [-0.2, 0) is 4.79 Å². The van der Waals surface area contributed by atoms with Crippen LogP contribution in [-0.4, -0.2) is 85.5 Å². The van der Waals surface area contributed by atoms with E-state index >= 15 is 0 Å². The molecule has 1 unspecified atom stereocenters. The van der Waals surface area contributed by atoms with Crippen LogP contribution in [0.15, 0.2) is 24.3 Å². The number of nitrogens with one attached hydrogen (secondary N) is 1. The number of rotatable bonds is 9. The number of benzene rings is 1. The largest absolute Gasteiger partial charge is 0.497 e. The molecule has 4 amide bonds. The lowest BCUT2D eigenvalue weighted by atomic mass is 9.73. The predicted octanol–water partition coefficient (Wildman–Crippen LogP) is 2.84. The van der Waals surface area contributed by atoms with Crippen LogP contribution in [0.25, 0.3) is 0 Å². The van der Waals surface area contributed by atoms with E-state index in [9.17, 15) is 14.4 Å². The normalized spacial score (nSPS) is 21.8. The lowest BCUT2D eigenvalue weighted by Gasteiger charge is -2.41. The molecule has 1 atom stereocenters. The first-order valence-electron chi connectivity index (χ1n) is 11.9. The highest BCUT2D eigenvalue weighted by Crippen LogP contribution is 2.38. The second kappa shape index (κ2) is 10.5. The average Bonchev–Trinajstić information content (AvgIpc) is 3.05. The summed E-state index contributed by atoms with van der Waals surface area (Å²) in [6.07, 6.45) is 2.85. The van der Waals surface area contributed by atoms with Crippen LogP contribution in [0.3, 0.4) is 0 Å². The molecule has 0 radical (unpaired) electrons. The number of hydrogen-bond donors (Lipinski definition) is 1. The van der Waals surface area contributed by atoms with Crippen LogP contribution in [0.2, 0.25) is 0 Å². The van der Waals surface area contributed by atoms with Crippen LogP contribution in [0.5, 0.6) is 5.75 Å². The first-order valence-corrected chi connectivity index (χ1v) is 11.9. The Morgan fingerprint density at radius 1 is 1.24 bits per heavy atom. The summed E-state index contributed by atoms with van der Waals surface area (Å²) in [7, 11) is 5.44. The second-order valence-electron chi connectivity index (χ2n) is 9.89. The summed E-state index contributed by atoms with van der Waals surface area (Å²) in [4.78, 5) is 44.6. The zero-order valence-corrected chi connectivity index (χ0v) is 20.6. The number of carbonyl (C=O) groups is 3. The van der Waals surface area contributed by atoms with Crippen LogP contribution in [0.4, 0.5) is 4.79 Å². The summed E-state index contributed by atoms with van der Waals surface area (Å²) < 4.78 is 5.25. The van der Waals surface area contributed by atoms with Crippen molar-refractivity contribution in [3.8, 4) is 5.75 Å². The van der Waals surface area contributed by atoms with Crippen molar-refractivity contribution in [2.24, 2.45) is 11.8 Å². The molecular formula is C25H38N4O4. The molecule has 1 N–H and O–H groups in total. The molecule has 2 aliphatic rings. The van der Waals surface area contributed by atoms with Crippen LogP contribution in [0.1, 0.15) is 49.9 Å². The number of ether oxygens (including phenoxy) is 1. The van der Waals surface area contributed by atoms with Crippen molar-refractivity contribution >= 4 is 17.8 Å². The fraction of sp³-hybridized carbons (Fsp3) is 0.640. The number of piperidine rings is 1. The predicted molar refractivity (Wildman–Crippen MR) is 127 cm³/mol. The van der Waals surface area contributed by atoms with Gasteiger partial charge in [0.25, 0.3) is 11.8 Å². The Morgan fingerprint density at radius 2 is 1.94 bits per heavy atom. The van der Waals surface area contributed by atoms with Crippen molar-refractivity contribution in [1.82, 2.24) is 20.0 Å². The topological polar surface area (TPSA) is 82.2 Å². The third-order valence-corrected chi connectivity index (χ3v) is 6.88. The van der Waals surface area contributed by atoms with Gasteiger partial charge >= 0.3 is 6.03 Å². The maximum atomic E-state index is 13.6. The Hall–Kier alpha value is -2.61. The van der Waals surface area contributed by atoms with Crippen molar-refractivity contribution in [2.75, 3.05) is 47.4 Å². The Balaban J connectivity index is 1.74. The Morgan fingerprint density at radius 3 is 2.55 bits per heavy atom. The molecule has 1 aromatic carbocycles. The van der Waals surface area contributed by atoms with Gasteiger partial charge in [0.05, 0.1) is 7.11 Å². The quantitative estimate of drug-likeness (QED) is 0.576. The van der Waals surface area contributed by atoms with Crippen molar-refractivity contribution < 1.29 is 19.1 Å². The molecule has 8 nitrogen and oxygen atoms in total. The lowest BCUT2D eigenvalue weighted by Crippen LogP contribution is -2.56. The van der Waals surface area contributed by atoms with E-state index in [2.05, 4.69) is 19.2 Å². The van der Waals surface area contributed by atoms with Gasteiger partial charge < -0.3 is 19.9 Å². The summed E-state index contributed by atoms with van der Waals surface area (Å²) in [5.41, 5.74) is -0.277. The van der Waals surface area contributed by atoms with Crippen LogP contribution >= 0.6 is 0 Å². The lowest BCUT2D eigenvalue weighted by molar-refractivity contribution is -0.134. The van der Waals surface area contributed by atoms with Gasteiger partial charge in [-0.25, -0.2) is 4.79 Å². The summed E-state index contributed by atoms with van der Waals surface area (Å²) >= 11 is 0. The first-order chi connectivity index (χ1) is 15.7. The molecule has 182 valence electrons. The molecule has 33 heavy (non-hydrogen) atoms. The molecule has 2 saturated heterocycles. The minimum Gasteiger partial charge on any atom is -0.497 e. The van der Waals surface area contributed by atoms with E-state index in [-0.39, 0.29) is 23.8 Å². The van der Waals surface area contributed by atoms with E-state index < -0.39 is 5.54 Å². The van der Waals surface area contributed by atoms with Crippen molar-refractivity contribution in [3.63, 3.8) is 0 Å². The number of amides is 4. The number of nitrogens with zero attached hydrogens (tertiary/aromatic N) is 3. The van der Waals surface area contributed by atoms with E-state index in [1.54, 1.807) is 19.2 Å². The highest BCUT2D eigenvalue weighted by molar-refractivity contribution is 6.07. The monoisotopic (exact) mass is 458 g/mol. The average molecular weight is 459 g/mol. The molecule has 0 spiro atoms. The molecule has 1 aromatic rings. The number of likely N-dealkylation sites (tertiary alicyclic amines) is 1. The van der Waals surface area contributed by atoms with Gasteiger partial charge in [-0.05, 0) is 69.8 Å². The first kappa shape index (κ1) is 25.0. The molecule has 0 bridgehead atoms. The number of imide groups is 1. The molecule has 3 rings (SSSR count). The van der Waals surface area contributed by atoms with Gasteiger partial charge in [0, 0.05) is 31.7 Å². The smallest absolute Gasteiger partial charge is 0.325 e. The van der Waals surface area contributed by atoms with Crippen molar-refractivity contribution in [2.45, 2.75) is 45.1 Å². The van der Waals surface area contributed by atoms with E-state index in [0.29, 0.717) is 62.7 Å². The maximum absolute atomic E-state index is 13.6. The zero-order chi connectivity index (χ0) is 24.2. The van der Waals surface area contributed by atoms with Crippen LogP contribution < -0.4 is 10.1 Å². The van der Waals surface area contributed by atoms with E-state index in [1.165, 1.54) is 4.90 Å². The minimum atomic E-state index is -0.876. The van der Waals surface area contributed by atoms with Gasteiger partial charge in [-0.2, -0.15) is 0 Å². The molecule has 8 heteroatoms. The number of hydrogen-bond acceptors (Lipinski definition) is 5. The van der Waals surface area contributed by atoms with E-state index in [1.807, 2.05) is 36.0 Å². The SMILES string of the molecule is COc1cccc(C(=O)N2CCC(C3(CCC(C)C)NC(=O)N(CCN(C)C)C3=O)CC2)c1. The van der Waals surface area contributed by atoms with Crippen LogP contribution in [0, 0.1) is 11.8 Å². The summed E-state index contributed by atoms with van der Waals surface area (Å²) in [6.45, 7) is 6.40. The Bertz CT molecular complexity index is 864. The van der Waals surface area contributed by atoms with Gasteiger partial charge in [0.1, 0.15) is 11.3 Å². The van der Waals surface area contributed by atoms with Gasteiger partial charge in [0.15, 0.2) is 0 Å². The second-order valence-corrected chi connectivity index (χ2v) is 9.89. The fourth-order valence-electron chi connectivity index (χ4n) is 4.83. The van der Waals surface area contributed by atoms with Gasteiger partial charge in [-0.1, -0.05) is 19.9 Å². The molecule has 2 aliphatic heterocycles. The number of urea groups is 1. The number of carbonyl (C=O) groups excluding carboxylic acids is 3. The van der Waals surface area contributed by atoms with Crippen molar-refractivity contribution in [3.05, 3.63) is 29.8 Å². The maximum Gasteiger partial charge on any atom is 0.325 e. The molecule has 0 saturated carbocycles. The van der Waals surface area contributed by atoms with Gasteiger partial charge in [-0.3, -0.25) is 14.5 Å². The summed E-state index contributed by atoms with van der Waals surface area (Å²) in [5.74, 6) is 0.953.